The average Bonchev–Trinajstić information content (AvgIpc) is 2.71. The van der Waals surface area contributed by atoms with Crippen LogP contribution in [0, 0.1) is 0 Å². The fourth-order valence-corrected chi connectivity index (χ4v) is 3.40. The second-order valence-corrected chi connectivity index (χ2v) is 8.42. The van der Waals surface area contributed by atoms with Crippen LogP contribution in [-0.4, -0.2) is 20.9 Å². The van der Waals surface area contributed by atoms with Gasteiger partial charge in [-0.25, -0.2) is 8.93 Å². The molecule has 1 amide bonds. The van der Waals surface area contributed by atoms with Crippen LogP contribution < -0.4 is 8.25 Å². The number of rotatable bonds is 4. The Morgan fingerprint density at radius 3 is 2.50 bits per heavy atom. The number of carbonyl (C=O) groups excluding carboxylic acids is 1. The average molecular weight is 410 g/mol. The molecule has 1 aliphatic rings. The third-order valence-corrected chi connectivity index (χ3v) is 5.53. The summed E-state index contributed by atoms with van der Waals surface area (Å²) in [6, 6.07) is 0.0852. The molecule has 2 atom stereocenters. The van der Waals surface area contributed by atoms with E-state index >= 15 is 0 Å². The Labute approximate surface area is 137 Å². The van der Waals surface area contributed by atoms with Gasteiger partial charge in [0.1, 0.15) is 0 Å². The number of hydrogen-bond donors (Lipinski definition) is 2. The predicted octanol–water partition coefficient (Wildman–Crippen LogP) is 2.93. The van der Waals surface area contributed by atoms with E-state index in [9.17, 15) is 9.00 Å². The maximum absolute atomic E-state index is 12.2. The van der Waals surface area contributed by atoms with Crippen LogP contribution in [0.15, 0.2) is 22.8 Å². The van der Waals surface area contributed by atoms with Crippen molar-refractivity contribution >= 4 is 39.8 Å². The molecule has 114 valence electrons. The number of carbonyl (C=O) groups is 1. The van der Waals surface area contributed by atoms with Crippen molar-refractivity contribution in [2.75, 3.05) is 0 Å². The Kier molecular flexibility index (Phi) is 6.40. The molecular formula is C14H23IN2O2S. The van der Waals surface area contributed by atoms with Gasteiger partial charge in [-0.1, -0.05) is 11.6 Å². The third kappa shape index (κ3) is 4.14. The van der Waals surface area contributed by atoms with Crippen molar-refractivity contribution < 1.29 is 9.00 Å². The van der Waals surface area contributed by atoms with E-state index in [-0.39, 0.29) is 16.7 Å². The topological polar surface area (TPSA) is 58.2 Å². The molecule has 0 unspecified atom stereocenters. The smallest absolute Gasteiger partial charge is 0.259 e. The molecule has 0 saturated heterocycles. The van der Waals surface area contributed by atoms with Crippen molar-refractivity contribution in [3.05, 3.63) is 22.8 Å². The fraction of sp³-hybridized carbons (Fsp3) is 0.643. The molecular weight excluding hydrogens is 387 g/mol. The van der Waals surface area contributed by atoms with Gasteiger partial charge in [-0.05, 0) is 53.0 Å². The molecule has 0 radical (unpaired) electrons. The Morgan fingerprint density at radius 2 is 2.05 bits per heavy atom. The zero-order chi connectivity index (χ0) is 15.5. The van der Waals surface area contributed by atoms with Gasteiger partial charge < -0.3 is 0 Å². The van der Waals surface area contributed by atoms with Crippen molar-refractivity contribution in [1.29, 1.82) is 0 Å². The molecule has 2 N–H and O–H groups in total. The van der Waals surface area contributed by atoms with Gasteiger partial charge in [0, 0.05) is 11.6 Å². The second kappa shape index (κ2) is 7.17. The maximum Gasteiger partial charge on any atom is 0.259 e. The number of halogens is 1. The molecule has 0 fully saturated rings. The summed E-state index contributed by atoms with van der Waals surface area (Å²) < 4.78 is 17.7. The maximum atomic E-state index is 12.2. The summed E-state index contributed by atoms with van der Waals surface area (Å²) in [5, 5.41) is 0. The van der Waals surface area contributed by atoms with Crippen molar-refractivity contribution in [2.45, 2.75) is 58.2 Å². The van der Waals surface area contributed by atoms with Gasteiger partial charge in [0.25, 0.3) is 5.91 Å². The van der Waals surface area contributed by atoms with Crippen molar-refractivity contribution in [1.82, 2.24) is 8.25 Å². The lowest BCUT2D eigenvalue weighted by molar-refractivity contribution is -0.115. The lowest BCUT2D eigenvalue weighted by Gasteiger charge is -2.22. The summed E-state index contributed by atoms with van der Waals surface area (Å²) in [6.45, 7) is 9.74. The summed E-state index contributed by atoms with van der Waals surface area (Å²) in [5.74, 6) is -0.0694. The molecule has 0 aromatic rings. The fourth-order valence-electron chi connectivity index (χ4n) is 2.21. The van der Waals surface area contributed by atoms with E-state index in [2.05, 4.69) is 8.25 Å². The largest absolute Gasteiger partial charge is 0.295 e. The van der Waals surface area contributed by atoms with Gasteiger partial charge in [0.05, 0.1) is 38.6 Å². The van der Waals surface area contributed by atoms with Crippen molar-refractivity contribution in [3.63, 3.8) is 0 Å². The van der Waals surface area contributed by atoms with Crippen LogP contribution in [0.4, 0.5) is 0 Å². The SMILES string of the molecule is C/C=C(/C(=O)NI)C1=C(C)[C@@H](N[S@@](=O)C(C)(C)C)CC1. The van der Waals surface area contributed by atoms with E-state index in [1.54, 1.807) is 0 Å². The molecule has 6 heteroatoms. The van der Waals surface area contributed by atoms with Crippen LogP contribution in [0.25, 0.3) is 0 Å². The summed E-state index contributed by atoms with van der Waals surface area (Å²) >= 11 is 1.85. The highest BCUT2D eigenvalue weighted by atomic mass is 127. The van der Waals surface area contributed by atoms with E-state index in [4.69, 9.17) is 0 Å². The molecule has 1 aliphatic carbocycles. The van der Waals surface area contributed by atoms with Crippen molar-refractivity contribution in [2.24, 2.45) is 0 Å². The molecule has 0 saturated carbocycles. The molecule has 0 spiro atoms. The summed E-state index contributed by atoms with van der Waals surface area (Å²) in [7, 11) is -1.10. The number of hydrogen-bond acceptors (Lipinski definition) is 2. The van der Waals surface area contributed by atoms with Gasteiger partial charge in [-0.15, -0.1) is 0 Å². The first-order chi connectivity index (χ1) is 9.22. The Morgan fingerprint density at radius 1 is 1.45 bits per heavy atom. The van der Waals surface area contributed by atoms with E-state index < -0.39 is 11.0 Å². The molecule has 1 rings (SSSR count). The van der Waals surface area contributed by atoms with Crippen LogP contribution >= 0.6 is 22.9 Å². The Bertz CT molecular complexity index is 478. The third-order valence-electron chi connectivity index (χ3n) is 3.43. The van der Waals surface area contributed by atoms with E-state index in [1.807, 2.05) is 63.6 Å². The lowest BCUT2D eigenvalue weighted by Crippen LogP contribution is -2.39. The first-order valence-electron chi connectivity index (χ1n) is 6.67. The standard InChI is InChI=1S/C14H23IN2O2S/c1-6-10(13(18)16-15)11-7-8-12(9(11)2)17-20(19)14(3,4)5/h6,12,17H,7-8H2,1-5H3,(H,16,18)/b10-6+/t12-,20-/m0/s1. The van der Waals surface area contributed by atoms with Crippen molar-refractivity contribution in [3.8, 4) is 0 Å². The zero-order valence-electron chi connectivity index (χ0n) is 12.7. The lowest BCUT2D eigenvalue weighted by atomic mass is 10.0. The molecule has 0 heterocycles. The van der Waals surface area contributed by atoms with E-state index in [1.165, 1.54) is 0 Å². The molecule has 0 aliphatic heterocycles. The van der Waals surface area contributed by atoms with Crippen LogP contribution in [-0.2, 0) is 15.8 Å². The summed E-state index contributed by atoms with van der Waals surface area (Å²) in [6.07, 6.45) is 3.57. The van der Waals surface area contributed by atoms with E-state index in [0.717, 1.165) is 29.6 Å². The highest BCUT2D eigenvalue weighted by Gasteiger charge is 2.30. The molecule has 4 nitrogen and oxygen atoms in total. The Balaban J connectivity index is 2.92. The van der Waals surface area contributed by atoms with Crippen LogP contribution in [0.1, 0.15) is 47.5 Å². The van der Waals surface area contributed by atoms with Gasteiger partial charge in [0.2, 0.25) is 0 Å². The summed E-state index contributed by atoms with van der Waals surface area (Å²) in [4.78, 5) is 11.9. The monoisotopic (exact) mass is 410 g/mol. The number of nitrogens with one attached hydrogen (secondary N) is 2. The number of amides is 1. The molecule has 0 aromatic carbocycles. The normalized spacial score (nSPS) is 22.1. The minimum atomic E-state index is -1.10. The first-order valence-corrected chi connectivity index (χ1v) is 8.90. The quantitative estimate of drug-likeness (QED) is 0.426. The molecule has 0 aromatic heterocycles. The van der Waals surface area contributed by atoms with Crippen LogP contribution in [0.2, 0.25) is 0 Å². The second-order valence-electron chi connectivity index (χ2n) is 5.88. The Hall–Kier alpha value is -0.210. The molecule has 0 bridgehead atoms. The van der Waals surface area contributed by atoms with Crippen LogP contribution in [0.3, 0.4) is 0 Å². The van der Waals surface area contributed by atoms with Gasteiger partial charge >= 0.3 is 0 Å². The zero-order valence-corrected chi connectivity index (χ0v) is 15.6. The van der Waals surface area contributed by atoms with Crippen LogP contribution in [0.5, 0.6) is 0 Å². The minimum absolute atomic E-state index is 0.0694. The molecule has 20 heavy (non-hydrogen) atoms. The highest BCUT2D eigenvalue weighted by Crippen LogP contribution is 2.32. The first kappa shape index (κ1) is 17.8. The van der Waals surface area contributed by atoms with Gasteiger partial charge in [0.15, 0.2) is 0 Å². The highest BCUT2D eigenvalue weighted by molar-refractivity contribution is 14.1. The van der Waals surface area contributed by atoms with Gasteiger partial charge in [-0.2, -0.15) is 0 Å². The van der Waals surface area contributed by atoms with E-state index in [0.29, 0.717) is 0 Å². The number of allylic oxidation sites excluding steroid dienone is 1. The predicted molar refractivity (Wildman–Crippen MR) is 92.7 cm³/mol. The van der Waals surface area contributed by atoms with Gasteiger partial charge in [-0.3, -0.25) is 8.32 Å². The minimum Gasteiger partial charge on any atom is -0.295 e. The summed E-state index contributed by atoms with van der Waals surface area (Å²) in [5.41, 5.74) is 2.92.